The van der Waals surface area contributed by atoms with Crippen LogP contribution in [0.3, 0.4) is 0 Å². The van der Waals surface area contributed by atoms with Crippen molar-refractivity contribution in [2.24, 2.45) is 0 Å². The van der Waals surface area contributed by atoms with Crippen LogP contribution in [-0.4, -0.2) is 0 Å². The van der Waals surface area contributed by atoms with Crippen LogP contribution >= 0.6 is 0 Å². The van der Waals surface area contributed by atoms with Crippen molar-refractivity contribution in [3.63, 3.8) is 0 Å². The third kappa shape index (κ3) is 1.52. The first-order valence-electron chi connectivity index (χ1n) is 5.61. The van der Waals surface area contributed by atoms with E-state index in [1.165, 1.54) is 36.8 Å². The number of aryl methyl sites for hydroxylation is 2. The predicted octanol–water partition coefficient (Wildman–Crippen LogP) is 3.41. The van der Waals surface area contributed by atoms with Crippen LogP contribution in [0.2, 0.25) is 0 Å². The first-order chi connectivity index (χ1) is 6.72. The molecule has 1 aromatic rings. The van der Waals surface area contributed by atoms with Gasteiger partial charge in [-0.2, -0.15) is 0 Å². The molecule has 0 radical (unpaired) electrons. The van der Waals surface area contributed by atoms with Crippen molar-refractivity contribution in [1.29, 1.82) is 0 Å². The Morgan fingerprint density at radius 3 is 2.93 bits per heavy atom. The second kappa shape index (κ2) is 3.64. The Morgan fingerprint density at radius 1 is 1.43 bits per heavy atom. The van der Waals surface area contributed by atoms with Crippen molar-refractivity contribution in [2.75, 3.05) is 5.73 Å². The van der Waals surface area contributed by atoms with Crippen LogP contribution in [0.1, 0.15) is 48.8 Å². The fourth-order valence-electron chi connectivity index (χ4n) is 2.78. The standard InChI is InChI=1S/C13H19N/c1-3-10-5-4-6-11-8-12(14)7-9(2)13(10)11/h7-8,10H,3-6,14H2,1-2H3. The van der Waals surface area contributed by atoms with Crippen LogP contribution in [0.4, 0.5) is 5.69 Å². The van der Waals surface area contributed by atoms with E-state index in [-0.39, 0.29) is 0 Å². The number of fused-ring (bicyclic) bond motifs is 1. The van der Waals surface area contributed by atoms with Gasteiger partial charge in [-0.25, -0.2) is 0 Å². The maximum atomic E-state index is 5.87. The molecule has 0 aromatic heterocycles. The summed E-state index contributed by atoms with van der Waals surface area (Å²) in [6.45, 7) is 4.48. The van der Waals surface area contributed by atoms with Gasteiger partial charge in [0.1, 0.15) is 0 Å². The van der Waals surface area contributed by atoms with E-state index in [0.717, 1.165) is 11.6 Å². The minimum atomic E-state index is 0.777. The number of hydrogen-bond acceptors (Lipinski definition) is 1. The molecule has 0 saturated carbocycles. The Labute approximate surface area is 86.3 Å². The molecule has 1 unspecified atom stereocenters. The number of nitrogens with two attached hydrogens (primary N) is 1. The lowest BCUT2D eigenvalue weighted by molar-refractivity contribution is 0.537. The monoisotopic (exact) mass is 189 g/mol. The zero-order chi connectivity index (χ0) is 10.1. The van der Waals surface area contributed by atoms with Crippen LogP contribution in [0.25, 0.3) is 0 Å². The molecule has 76 valence electrons. The van der Waals surface area contributed by atoms with E-state index in [0.29, 0.717) is 0 Å². The summed E-state index contributed by atoms with van der Waals surface area (Å²) >= 11 is 0. The molecular formula is C13H19N. The molecule has 2 rings (SSSR count). The molecule has 0 bridgehead atoms. The lowest BCUT2D eigenvalue weighted by atomic mass is 9.79. The van der Waals surface area contributed by atoms with Gasteiger partial charge in [0.2, 0.25) is 0 Å². The minimum Gasteiger partial charge on any atom is -0.399 e. The maximum Gasteiger partial charge on any atom is 0.0319 e. The Morgan fingerprint density at radius 2 is 2.21 bits per heavy atom. The summed E-state index contributed by atoms with van der Waals surface area (Å²) in [5, 5.41) is 0. The molecule has 1 nitrogen and oxygen atoms in total. The van der Waals surface area contributed by atoms with Crippen molar-refractivity contribution in [1.82, 2.24) is 0 Å². The van der Waals surface area contributed by atoms with Gasteiger partial charge in [-0.05, 0) is 67.3 Å². The summed E-state index contributed by atoms with van der Waals surface area (Å²) in [7, 11) is 0. The van der Waals surface area contributed by atoms with E-state index < -0.39 is 0 Å². The smallest absolute Gasteiger partial charge is 0.0319 e. The molecular weight excluding hydrogens is 170 g/mol. The van der Waals surface area contributed by atoms with Crippen molar-refractivity contribution in [2.45, 2.75) is 45.4 Å². The van der Waals surface area contributed by atoms with Gasteiger partial charge < -0.3 is 5.73 Å². The van der Waals surface area contributed by atoms with Gasteiger partial charge >= 0.3 is 0 Å². The van der Waals surface area contributed by atoms with Crippen molar-refractivity contribution >= 4 is 5.69 Å². The van der Waals surface area contributed by atoms with Gasteiger partial charge in [0, 0.05) is 5.69 Å². The first-order valence-corrected chi connectivity index (χ1v) is 5.61. The SMILES string of the molecule is CCC1CCCc2cc(N)cc(C)c21. The Balaban J connectivity index is 2.51. The van der Waals surface area contributed by atoms with Crippen LogP contribution < -0.4 is 5.73 Å². The van der Waals surface area contributed by atoms with Gasteiger partial charge in [-0.1, -0.05) is 6.92 Å². The molecule has 14 heavy (non-hydrogen) atoms. The fraction of sp³-hybridized carbons (Fsp3) is 0.538. The van der Waals surface area contributed by atoms with E-state index in [1.807, 2.05) is 0 Å². The van der Waals surface area contributed by atoms with E-state index in [4.69, 9.17) is 5.73 Å². The highest BCUT2D eigenvalue weighted by atomic mass is 14.5. The average molecular weight is 189 g/mol. The first kappa shape index (κ1) is 9.57. The molecule has 0 heterocycles. The van der Waals surface area contributed by atoms with Crippen LogP contribution in [-0.2, 0) is 6.42 Å². The zero-order valence-electron chi connectivity index (χ0n) is 9.14. The number of benzene rings is 1. The van der Waals surface area contributed by atoms with Gasteiger partial charge in [0.05, 0.1) is 0 Å². The second-order valence-corrected chi connectivity index (χ2v) is 4.41. The zero-order valence-corrected chi connectivity index (χ0v) is 9.14. The highest BCUT2D eigenvalue weighted by molar-refractivity contribution is 5.51. The van der Waals surface area contributed by atoms with Gasteiger partial charge in [0.25, 0.3) is 0 Å². The number of anilines is 1. The molecule has 0 aliphatic heterocycles. The third-order valence-electron chi connectivity index (χ3n) is 3.39. The van der Waals surface area contributed by atoms with Crippen molar-refractivity contribution < 1.29 is 0 Å². The molecule has 0 amide bonds. The second-order valence-electron chi connectivity index (χ2n) is 4.41. The maximum absolute atomic E-state index is 5.87. The largest absolute Gasteiger partial charge is 0.399 e. The summed E-state index contributed by atoms with van der Waals surface area (Å²) in [6, 6.07) is 4.29. The number of rotatable bonds is 1. The summed E-state index contributed by atoms with van der Waals surface area (Å²) in [5.74, 6) is 0.777. The van der Waals surface area contributed by atoms with Crippen molar-refractivity contribution in [3.8, 4) is 0 Å². The molecule has 0 spiro atoms. The molecule has 2 N–H and O–H groups in total. The normalized spacial score (nSPS) is 20.6. The molecule has 0 saturated heterocycles. The van der Waals surface area contributed by atoms with E-state index in [2.05, 4.69) is 26.0 Å². The Bertz CT molecular complexity index is 341. The molecule has 0 fully saturated rings. The summed E-state index contributed by atoms with van der Waals surface area (Å²) in [5.41, 5.74) is 11.3. The average Bonchev–Trinajstić information content (AvgIpc) is 2.16. The summed E-state index contributed by atoms with van der Waals surface area (Å²) in [6.07, 6.45) is 5.16. The quantitative estimate of drug-likeness (QED) is 0.673. The lowest BCUT2D eigenvalue weighted by Crippen LogP contribution is -2.11. The molecule has 1 atom stereocenters. The number of nitrogen functional groups attached to an aromatic ring is 1. The number of hydrogen-bond donors (Lipinski definition) is 1. The van der Waals surface area contributed by atoms with Gasteiger partial charge in [-0.3, -0.25) is 0 Å². The lowest BCUT2D eigenvalue weighted by Gasteiger charge is -2.26. The van der Waals surface area contributed by atoms with Crippen molar-refractivity contribution in [3.05, 3.63) is 28.8 Å². The predicted molar refractivity (Wildman–Crippen MR) is 61.6 cm³/mol. The fourth-order valence-corrected chi connectivity index (χ4v) is 2.78. The molecule has 1 aliphatic carbocycles. The Hall–Kier alpha value is -0.980. The van der Waals surface area contributed by atoms with Crippen LogP contribution in [0.15, 0.2) is 12.1 Å². The summed E-state index contributed by atoms with van der Waals surface area (Å²) < 4.78 is 0. The molecule has 1 aliphatic rings. The van der Waals surface area contributed by atoms with Crippen LogP contribution in [0, 0.1) is 6.92 Å². The van der Waals surface area contributed by atoms with Crippen LogP contribution in [0.5, 0.6) is 0 Å². The highest BCUT2D eigenvalue weighted by Gasteiger charge is 2.20. The topological polar surface area (TPSA) is 26.0 Å². The van der Waals surface area contributed by atoms with E-state index in [1.54, 1.807) is 5.56 Å². The highest BCUT2D eigenvalue weighted by Crippen LogP contribution is 2.36. The minimum absolute atomic E-state index is 0.777. The Kier molecular flexibility index (Phi) is 2.49. The van der Waals surface area contributed by atoms with Gasteiger partial charge in [0.15, 0.2) is 0 Å². The summed E-state index contributed by atoms with van der Waals surface area (Å²) in [4.78, 5) is 0. The van der Waals surface area contributed by atoms with Gasteiger partial charge in [-0.15, -0.1) is 0 Å². The van der Waals surface area contributed by atoms with E-state index >= 15 is 0 Å². The van der Waals surface area contributed by atoms with E-state index in [9.17, 15) is 0 Å². The molecule has 1 heteroatoms. The third-order valence-corrected chi connectivity index (χ3v) is 3.39. The molecule has 1 aromatic carbocycles.